The SMILES string of the molecule is O=C(Nc1cccc2c(O)cccc12)c1ccn2cncc2c1. The summed E-state index contributed by atoms with van der Waals surface area (Å²) in [6.07, 6.45) is 5.18. The molecular weight excluding hydrogens is 290 g/mol. The molecule has 2 heterocycles. The number of hydrogen-bond acceptors (Lipinski definition) is 3. The van der Waals surface area contributed by atoms with Crippen LogP contribution in [0.4, 0.5) is 5.69 Å². The molecule has 0 aliphatic carbocycles. The van der Waals surface area contributed by atoms with Gasteiger partial charge in [0.15, 0.2) is 0 Å². The van der Waals surface area contributed by atoms with Crippen molar-refractivity contribution in [3.8, 4) is 5.75 Å². The summed E-state index contributed by atoms with van der Waals surface area (Å²) in [6.45, 7) is 0. The van der Waals surface area contributed by atoms with Gasteiger partial charge in [-0.1, -0.05) is 24.3 Å². The summed E-state index contributed by atoms with van der Waals surface area (Å²) in [6, 6.07) is 14.2. The molecule has 0 saturated carbocycles. The number of nitrogens with one attached hydrogen (secondary N) is 1. The average Bonchev–Trinajstić information content (AvgIpc) is 3.03. The average molecular weight is 303 g/mol. The Balaban J connectivity index is 1.72. The van der Waals surface area contributed by atoms with Gasteiger partial charge in [0, 0.05) is 28.2 Å². The van der Waals surface area contributed by atoms with E-state index in [-0.39, 0.29) is 11.7 Å². The quantitative estimate of drug-likeness (QED) is 0.596. The maximum Gasteiger partial charge on any atom is 0.255 e. The van der Waals surface area contributed by atoms with E-state index in [0.29, 0.717) is 16.6 Å². The summed E-state index contributed by atoms with van der Waals surface area (Å²) in [7, 11) is 0. The van der Waals surface area contributed by atoms with Crippen molar-refractivity contribution in [3.63, 3.8) is 0 Å². The van der Waals surface area contributed by atoms with Gasteiger partial charge in [0.05, 0.1) is 18.0 Å². The number of benzene rings is 2. The molecule has 4 rings (SSSR count). The minimum Gasteiger partial charge on any atom is -0.507 e. The molecule has 2 aromatic carbocycles. The Bertz CT molecular complexity index is 1040. The lowest BCUT2D eigenvalue weighted by Crippen LogP contribution is -2.12. The van der Waals surface area contributed by atoms with Crippen molar-refractivity contribution in [2.45, 2.75) is 0 Å². The Morgan fingerprint density at radius 1 is 1.09 bits per heavy atom. The Morgan fingerprint density at radius 3 is 2.83 bits per heavy atom. The summed E-state index contributed by atoms with van der Waals surface area (Å²) >= 11 is 0. The van der Waals surface area contributed by atoms with Gasteiger partial charge in [-0.25, -0.2) is 4.98 Å². The van der Waals surface area contributed by atoms with E-state index in [1.165, 1.54) is 0 Å². The highest BCUT2D eigenvalue weighted by molar-refractivity contribution is 6.10. The number of hydrogen-bond donors (Lipinski definition) is 2. The smallest absolute Gasteiger partial charge is 0.255 e. The second kappa shape index (κ2) is 5.14. The number of amides is 1. The molecule has 2 aromatic heterocycles. The fraction of sp³-hybridized carbons (Fsp3) is 0. The number of phenolic OH excluding ortho intramolecular Hbond substituents is 1. The van der Waals surface area contributed by atoms with Gasteiger partial charge in [-0.3, -0.25) is 4.79 Å². The molecular formula is C18H13N3O2. The number of carbonyl (C=O) groups excluding carboxylic acids is 1. The first kappa shape index (κ1) is 13.3. The number of imidazole rings is 1. The van der Waals surface area contributed by atoms with Crippen LogP contribution < -0.4 is 5.32 Å². The van der Waals surface area contributed by atoms with Crippen LogP contribution in [0.15, 0.2) is 67.3 Å². The van der Waals surface area contributed by atoms with Gasteiger partial charge in [0.25, 0.3) is 5.91 Å². The molecule has 0 aliphatic rings. The van der Waals surface area contributed by atoms with Crippen LogP contribution in [-0.4, -0.2) is 20.4 Å². The van der Waals surface area contributed by atoms with E-state index < -0.39 is 0 Å². The van der Waals surface area contributed by atoms with Crippen molar-refractivity contribution in [2.75, 3.05) is 5.32 Å². The predicted molar refractivity (Wildman–Crippen MR) is 88.8 cm³/mol. The maximum absolute atomic E-state index is 12.5. The van der Waals surface area contributed by atoms with Crippen LogP contribution in [-0.2, 0) is 0 Å². The topological polar surface area (TPSA) is 66.6 Å². The minimum absolute atomic E-state index is 0.194. The van der Waals surface area contributed by atoms with Crippen LogP contribution in [0.2, 0.25) is 0 Å². The van der Waals surface area contributed by atoms with Crippen LogP contribution in [0.25, 0.3) is 16.3 Å². The van der Waals surface area contributed by atoms with E-state index in [2.05, 4.69) is 10.3 Å². The molecule has 1 amide bonds. The number of rotatable bonds is 2. The third kappa shape index (κ3) is 2.28. The number of pyridine rings is 1. The summed E-state index contributed by atoms with van der Waals surface area (Å²) in [5, 5.41) is 14.3. The summed E-state index contributed by atoms with van der Waals surface area (Å²) in [4.78, 5) is 16.5. The molecule has 0 unspecified atom stereocenters. The van der Waals surface area contributed by atoms with Gasteiger partial charge in [-0.2, -0.15) is 0 Å². The molecule has 0 bridgehead atoms. The van der Waals surface area contributed by atoms with Crippen LogP contribution in [0, 0.1) is 0 Å². The van der Waals surface area contributed by atoms with E-state index in [1.807, 2.05) is 22.6 Å². The van der Waals surface area contributed by atoms with Gasteiger partial charge in [-0.05, 0) is 24.3 Å². The van der Waals surface area contributed by atoms with E-state index in [9.17, 15) is 9.90 Å². The number of anilines is 1. The number of nitrogens with zero attached hydrogens (tertiary/aromatic N) is 2. The Hall–Kier alpha value is -3.34. The number of aromatic nitrogens is 2. The maximum atomic E-state index is 12.5. The van der Waals surface area contributed by atoms with Crippen molar-refractivity contribution in [2.24, 2.45) is 0 Å². The number of carbonyl (C=O) groups is 1. The first-order valence-electron chi connectivity index (χ1n) is 7.16. The van der Waals surface area contributed by atoms with Gasteiger partial charge >= 0.3 is 0 Å². The van der Waals surface area contributed by atoms with Crippen LogP contribution in [0.3, 0.4) is 0 Å². The Kier molecular flexibility index (Phi) is 2.98. The first-order valence-corrected chi connectivity index (χ1v) is 7.16. The molecule has 5 heteroatoms. The summed E-state index contributed by atoms with van der Waals surface area (Å²) < 4.78 is 1.84. The lowest BCUT2D eigenvalue weighted by Gasteiger charge is -2.10. The standard InChI is InChI=1S/C18H13N3O2/c22-17-6-2-3-14-15(17)4-1-5-16(14)20-18(23)12-7-8-21-11-19-10-13(21)9-12/h1-11,22H,(H,20,23). The highest BCUT2D eigenvalue weighted by atomic mass is 16.3. The van der Waals surface area contributed by atoms with Gasteiger partial charge < -0.3 is 14.8 Å². The molecule has 0 atom stereocenters. The van der Waals surface area contributed by atoms with E-state index in [0.717, 1.165) is 10.9 Å². The van der Waals surface area contributed by atoms with Crippen molar-refractivity contribution in [3.05, 3.63) is 72.8 Å². The Labute approximate surface area is 131 Å². The van der Waals surface area contributed by atoms with Crippen molar-refractivity contribution in [1.29, 1.82) is 0 Å². The number of fused-ring (bicyclic) bond motifs is 2. The van der Waals surface area contributed by atoms with Crippen LogP contribution in [0.1, 0.15) is 10.4 Å². The van der Waals surface area contributed by atoms with Gasteiger partial charge in [0.2, 0.25) is 0 Å². The molecule has 4 aromatic rings. The number of phenols is 1. The van der Waals surface area contributed by atoms with E-state index in [4.69, 9.17) is 0 Å². The van der Waals surface area contributed by atoms with Gasteiger partial charge in [-0.15, -0.1) is 0 Å². The second-order valence-electron chi connectivity index (χ2n) is 5.27. The molecule has 112 valence electrons. The fourth-order valence-corrected chi connectivity index (χ4v) is 2.66. The molecule has 0 saturated heterocycles. The fourth-order valence-electron chi connectivity index (χ4n) is 2.66. The van der Waals surface area contributed by atoms with Crippen molar-refractivity contribution >= 4 is 27.9 Å². The lowest BCUT2D eigenvalue weighted by molar-refractivity contribution is 0.102. The first-order chi connectivity index (χ1) is 11.2. The normalized spacial score (nSPS) is 11.0. The zero-order valence-electron chi connectivity index (χ0n) is 12.1. The monoisotopic (exact) mass is 303 g/mol. The zero-order valence-corrected chi connectivity index (χ0v) is 12.1. The molecule has 23 heavy (non-hydrogen) atoms. The number of aromatic hydroxyl groups is 1. The molecule has 0 spiro atoms. The highest BCUT2D eigenvalue weighted by Gasteiger charge is 2.10. The molecule has 5 nitrogen and oxygen atoms in total. The van der Waals surface area contributed by atoms with Gasteiger partial charge in [0.1, 0.15) is 5.75 Å². The third-order valence-electron chi connectivity index (χ3n) is 3.82. The van der Waals surface area contributed by atoms with E-state index in [1.54, 1.807) is 49.1 Å². The Morgan fingerprint density at radius 2 is 1.91 bits per heavy atom. The zero-order chi connectivity index (χ0) is 15.8. The molecule has 0 aliphatic heterocycles. The summed E-state index contributed by atoms with van der Waals surface area (Å²) in [5.74, 6) is -0.0104. The largest absolute Gasteiger partial charge is 0.507 e. The minimum atomic E-state index is -0.204. The molecule has 0 radical (unpaired) electrons. The van der Waals surface area contributed by atoms with Crippen molar-refractivity contribution < 1.29 is 9.90 Å². The third-order valence-corrected chi connectivity index (χ3v) is 3.82. The van der Waals surface area contributed by atoms with Crippen molar-refractivity contribution in [1.82, 2.24) is 9.38 Å². The molecule has 2 N–H and O–H groups in total. The second-order valence-corrected chi connectivity index (χ2v) is 5.27. The van der Waals surface area contributed by atoms with Crippen LogP contribution >= 0.6 is 0 Å². The summed E-state index contributed by atoms with van der Waals surface area (Å²) in [5.41, 5.74) is 2.07. The van der Waals surface area contributed by atoms with Crippen LogP contribution in [0.5, 0.6) is 5.75 Å². The highest BCUT2D eigenvalue weighted by Crippen LogP contribution is 2.30. The lowest BCUT2D eigenvalue weighted by atomic mass is 10.1. The van der Waals surface area contributed by atoms with E-state index >= 15 is 0 Å². The predicted octanol–water partition coefficient (Wildman–Crippen LogP) is 3.45. The molecule has 0 fully saturated rings.